The maximum absolute atomic E-state index is 12.0. The molecule has 2 aliphatic rings. The van der Waals surface area contributed by atoms with Crippen molar-refractivity contribution in [2.24, 2.45) is 9.98 Å². The summed E-state index contributed by atoms with van der Waals surface area (Å²) >= 11 is 0. The van der Waals surface area contributed by atoms with Crippen LogP contribution < -0.4 is 10.7 Å². The van der Waals surface area contributed by atoms with E-state index in [9.17, 15) is 9.90 Å². The first-order valence-electron chi connectivity index (χ1n) is 7.30. The minimum atomic E-state index is -0.971. The van der Waals surface area contributed by atoms with Crippen molar-refractivity contribution in [3.8, 4) is 0 Å². The number of aromatic carboxylic acids is 1. The van der Waals surface area contributed by atoms with Crippen LogP contribution in [0.4, 0.5) is 11.4 Å². The molecule has 0 saturated heterocycles. The molecule has 0 radical (unpaired) electrons. The quantitative estimate of drug-likeness (QED) is 0.517. The zero-order valence-electron chi connectivity index (χ0n) is 11.9. The molecule has 23 heavy (non-hydrogen) atoms. The van der Waals surface area contributed by atoms with Crippen LogP contribution in [-0.4, -0.2) is 11.1 Å². The fourth-order valence-corrected chi connectivity index (χ4v) is 3.38. The number of carbonyl (C=O) groups is 1. The van der Waals surface area contributed by atoms with Crippen LogP contribution in [0, 0.1) is 20.9 Å². The molecule has 0 amide bonds. The second-order valence-electron chi connectivity index (χ2n) is 5.60. The Morgan fingerprint density at radius 3 is 2.22 bits per heavy atom. The number of rotatable bonds is 1. The summed E-state index contributed by atoms with van der Waals surface area (Å²) in [6, 6.07) is 17.3. The molecule has 0 bridgehead atoms. The molecule has 0 fully saturated rings. The van der Waals surface area contributed by atoms with Crippen molar-refractivity contribution in [3.63, 3.8) is 0 Å². The fourth-order valence-electron chi connectivity index (χ4n) is 3.38. The molecule has 4 nitrogen and oxygen atoms in total. The Morgan fingerprint density at radius 2 is 1.48 bits per heavy atom. The largest absolute Gasteiger partial charge is 0.478 e. The fraction of sp³-hybridized carbons (Fsp3) is 0. The van der Waals surface area contributed by atoms with E-state index in [1.165, 1.54) is 0 Å². The Bertz CT molecular complexity index is 1340. The summed E-state index contributed by atoms with van der Waals surface area (Å²) in [6.45, 7) is 0. The third kappa shape index (κ3) is 1.52. The van der Waals surface area contributed by atoms with Crippen LogP contribution >= 0.6 is 0 Å². The number of carboxylic acids is 1. The Morgan fingerprint density at radius 1 is 0.826 bits per heavy atom. The summed E-state index contributed by atoms with van der Waals surface area (Å²) in [4.78, 5) is 21.1. The van der Waals surface area contributed by atoms with E-state index in [2.05, 4.69) is 9.98 Å². The van der Waals surface area contributed by atoms with Crippen LogP contribution in [0.1, 0.15) is 10.4 Å². The number of para-hydroxylation sites is 2. The maximum Gasteiger partial charge on any atom is 0.338 e. The van der Waals surface area contributed by atoms with E-state index in [0.29, 0.717) is 16.6 Å². The average molecular weight is 298 g/mol. The molecule has 1 N–H and O–H groups in total. The van der Waals surface area contributed by atoms with Gasteiger partial charge in [0, 0.05) is 20.9 Å². The standard InChI is InChI=1S/C19H10N2O2/c22-19(23)17-16-11-6-2-4-8-14(11)20-15(16)9-12-10-5-1-3-7-13(10)21-18(12)17/h1-9H,(H,22,23). The molecule has 2 aliphatic heterocycles. The number of hydrogen-bond donors (Lipinski definition) is 1. The monoisotopic (exact) mass is 298 g/mol. The SMILES string of the molecule is O=C(O)c1c2c(cc3c1=c1ccccc1=N3)=c1ccccc1=N2. The highest BCUT2D eigenvalue weighted by Crippen LogP contribution is 2.32. The lowest BCUT2D eigenvalue weighted by atomic mass is 10.0. The lowest BCUT2D eigenvalue weighted by molar-refractivity contribution is 0.0697. The van der Waals surface area contributed by atoms with E-state index >= 15 is 0 Å². The third-order valence-corrected chi connectivity index (χ3v) is 4.33. The molecule has 0 saturated carbocycles. The Kier molecular flexibility index (Phi) is 2.21. The van der Waals surface area contributed by atoms with Crippen molar-refractivity contribution >= 4 is 17.3 Å². The summed E-state index contributed by atoms with van der Waals surface area (Å²) < 4.78 is 0. The zero-order chi connectivity index (χ0) is 15.6. The lowest BCUT2D eigenvalue weighted by Crippen LogP contribution is -2.02. The molecular formula is C19H10N2O2. The number of benzene rings is 3. The van der Waals surface area contributed by atoms with Gasteiger partial charge in [0.2, 0.25) is 0 Å². The van der Waals surface area contributed by atoms with E-state index in [-0.39, 0.29) is 5.56 Å². The van der Waals surface area contributed by atoms with Gasteiger partial charge >= 0.3 is 5.97 Å². The van der Waals surface area contributed by atoms with Crippen LogP contribution in [0.3, 0.4) is 0 Å². The average Bonchev–Trinajstić information content (AvgIpc) is 3.10. The van der Waals surface area contributed by atoms with Crippen LogP contribution in [0.5, 0.6) is 0 Å². The van der Waals surface area contributed by atoms with Gasteiger partial charge in [-0.1, -0.05) is 36.4 Å². The van der Waals surface area contributed by atoms with E-state index < -0.39 is 5.97 Å². The van der Waals surface area contributed by atoms with Crippen molar-refractivity contribution in [3.05, 3.63) is 91.7 Å². The molecule has 0 spiro atoms. The van der Waals surface area contributed by atoms with Crippen molar-refractivity contribution in [1.29, 1.82) is 0 Å². The van der Waals surface area contributed by atoms with Crippen molar-refractivity contribution in [2.75, 3.05) is 0 Å². The second kappa shape index (κ2) is 4.14. The molecule has 0 aliphatic carbocycles. The number of nitrogens with zero attached hydrogens (tertiary/aromatic N) is 2. The summed E-state index contributed by atoms with van der Waals surface area (Å²) in [5.74, 6) is -0.971. The van der Waals surface area contributed by atoms with Gasteiger partial charge in [0.1, 0.15) is 0 Å². The van der Waals surface area contributed by atoms with Crippen LogP contribution in [0.25, 0.3) is 0 Å². The van der Waals surface area contributed by atoms with Crippen molar-refractivity contribution in [1.82, 2.24) is 0 Å². The van der Waals surface area contributed by atoms with Gasteiger partial charge in [0.05, 0.1) is 27.7 Å². The van der Waals surface area contributed by atoms with Gasteiger partial charge in [0.15, 0.2) is 0 Å². The lowest BCUT2D eigenvalue weighted by Gasteiger charge is -2.02. The summed E-state index contributed by atoms with van der Waals surface area (Å²) in [5, 5.41) is 14.8. The van der Waals surface area contributed by atoms with E-state index in [1.807, 2.05) is 54.6 Å². The minimum Gasteiger partial charge on any atom is -0.478 e. The first kappa shape index (κ1) is 12.3. The smallest absolute Gasteiger partial charge is 0.338 e. The molecule has 0 atom stereocenters. The Balaban J connectivity index is 2.15. The summed E-state index contributed by atoms with van der Waals surface area (Å²) in [6.07, 6.45) is 0. The highest BCUT2D eigenvalue weighted by Gasteiger charge is 2.21. The van der Waals surface area contributed by atoms with Crippen LogP contribution in [0.2, 0.25) is 0 Å². The van der Waals surface area contributed by atoms with Gasteiger partial charge < -0.3 is 5.11 Å². The molecule has 2 heterocycles. The van der Waals surface area contributed by atoms with Gasteiger partial charge in [-0.25, -0.2) is 14.8 Å². The number of carboxylic acid groups (broad SMARTS) is 1. The molecule has 108 valence electrons. The first-order chi connectivity index (χ1) is 11.2. The van der Waals surface area contributed by atoms with Crippen molar-refractivity contribution < 1.29 is 9.90 Å². The van der Waals surface area contributed by atoms with Crippen molar-refractivity contribution in [2.45, 2.75) is 0 Å². The summed E-state index contributed by atoms with van der Waals surface area (Å²) in [7, 11) is 0. The Labute approximate surface area is 129 Å². The predicted octanol–water partition coefficient (Wildman–Crippen LogP) is 2.49. The number of fused-ring (bicyclic) bond motifs is 4. The van der Waals surface area contributed by atoms with Gasteiger partial charge in [-0.2, -0.15) is 0 Å². The van der Waals surface area contributed by atoms with E-state index in [1.54, 1.807) is 0 Å². The topological polar surface area (TPSA) is 62.0 Å². The van der Waals surface area contributed by atoms with Gasteiger partial charge in [0.25, 0.3) is 0 Å². The van der Waals surface area contributed by atoms with Gasteiger partial charge in [-0.05, 0) is 18.2 Å². The third-order valence-electron chi connectivity index (χ3n) is 4.33. The molecule has 3 aromatic rings. The number of hydrogen-bond acceptors (Lipinski definition) is 3. The van der Waals surface area contributed by atoms with E-state index in [0.717, 1.165) is 26.4 Å². The van der Waals surface area contributed by atoms with Crippen LogP contribution in [-0.2, 0) is 0 Å². The molecular weight excluding hydrogens is 288 g/mol. The maximum atomic E-state index is 12.0. The second-order valence-corrected chi connectivity index (χ2v) is 5.60. The molecule has 0 unspecified atom stereocenters. The Hall–Kier alpha value is -3.27. The molecule has 5 rings (SSSR count). The predicted molar refractivity (Wildman–Crippen MR) is 83.3 cm³/mol. The first-order valence-corrected chi connectivity index (χ1v) is 7.30. The zero-order valence-corrected chi connectivity index (χ0v) is 11.9. The van der Waals surface area contributed by atoms with Gasteiger partial charge in [-0.3, -0.25) is 0 Å². The highest BCUT2D eigenvalue weighted by atomic mass is 16.4. The summed E-state index contributed by atoms with van der Waals surface area (Å²) in [5.41, 5.74) is 1.47. The molecule has 3 aromatic carbocycles. The van der Waals surface area contributed by atoms with Crippen LogP contribution in [0.15, 0.2) is 64.6 Å². The highest BCUT2D eigenvalue weighted by molar-refractivity contribution is 5.95. The normalized spacial score (nSPS) is 12.5. The van der Waals surface area contributed by atoms with Gasteiger partial charge in [-0.15, -0.1) is 0 Å². The molecule has 0 aromatic heterocycles. The minimum absolute atomic E-state index is 0.238. The molecule has 4 heteroatoms. The van der Waals surface area contributed by atoms with E-state index in [4.69, 9.17) is 0 Å².